The number of aromatic nitrogens is 2. The minimum absolute atomic E-state index is 0.293. The first-order valence-corrected chi connectivity index (χ1v) is 6.30. The van der Waals surface area contributed by atoms with Crippen LogP contribution in [0.15, 0.2) is 4.52 Å². The van der Waals surface area contributed by atoms with Gasteiger partial charge in [0.1, 0.15) is 6.61 Å². The maximum Gasteiger partial charge on any atom is 0.252 e. The van der Waals surface area contributed by atoms with Gasteiger partial charge in [-0.05, 0) is 20.3 Å². The molecule has 0 aliphatic heterocycles. The number of hydrogen-bond donors (Lipinski definition) is 1. The van der Waals surface area contributed by atoms with Crippen LogP contribution in [0.5, 0.6) is 0 Å². The van der Waals surface area contributed by atoms with Crippen molar-refractivity contribution in [3.05, 3.63) is 11.7 Å². The van der Waals surface area contributed by atoms with Crippen molar-refractivity contribution in [2.75, 3.05) is 33.5 Å². The van der Waals surface area contributed by atoms with E-state index < -0.39 is 5.54 Å². The maximum absolute atomic E-state index is 5.85. The van der Waals surface area contributed by atoms with Gasteiger partial charge < -0.3 is 24.5 Å². The van der Waals surface area contributed by atoms with E-state index in [4.69, 9.17) is 24.5 Å². The molecule has 0 amide bonds. The first kappa shape index (κ1) is 16.0. The Kier molecular flexibility index (Phi) is 6.93. The van der Waals surface area contributed by atoms with Crippen LogP contribution in [0.3, 0.4) is 0 Å². The molecule has 0 bridgehead atoms. The average Bonchev–Trinajstić information content (AvgIpc) is 2.81. The first-order valence-electron chi connectivity index (χ1n) is 6.30. The summed E-state index contributed by atoms with van der Waals surface area (Å²) < 4.78 is 20.6. The average molecular weight is 273 g/mol. The van der Waals surface area contributed by atoms with Crippen molar-refractivity contribution < 1.29 is 18.7 Å². The molecule has 7 nitrogen and oxygen atoms in total. The summed E-state index contributed by atoms with van der Waals surface area (Å²) in [4.78, 5) is 4.16. The second-order valence-corrected chi connectivity index (χ2v) is 4.74. The van der Waals surface area contributed by atoms with E-state index in [1.807, 2.05) is 13.8 Å². The molecule has 0 spiro atoms. The molecule has 1 rings (SSSR count). The molecule has 1 aromatic rings. The van der Waals surface area contributed by atoms with Gasteiger partial charge in [0.05, 0.1) is 18.8 Å². The van der Waals surface area contributed by atoms with Crippen molar-refractivity contribution in [2.45, 2.75) is 32.4 Å². The van der Waals surface area contributed by atoms with E-state index in [2.05, 4.69) is 10.1 Å². The number of nitrogens with zero attached hydrogens (tertiary/aromatic N) is 2. The van der Waals surface area contributed by atoms with Crippen molar-refractivity contribution in [3.63, 3.8) is 0 Å². The van der Waals surface area contributed by atoms with Crippen LogP contribution < -0.4 is 5.73 Å². The third-order valence-electron chi connectivity index (χ3n) is 2.28. The molecule has 0 atom stereocenters. The van der Waals surface area contributed by atoms with Gasteiger partial charge in [0.25, 0.3) is 5.89 Å². The van der Waals surface area contributed by atoms with Gasteiger partial charge in [0, 0.05) is 20.3 Å². The lowest BCUT2D eigenvalue weighted by Gasteiger charge is -2.11. The first-order chi connectivity index (χ1) is 9.04. The summed E-state index contributed by atoms with van der Waals surface area (Å²) in [5, 5.41) is 3.81. The molecular weight excluding hydrogens is 250 g/mol. The summed E-state index contributed by atoms with van der Waals surface area (Å²) >= 11 is 0. The van der Waals surface area contributed by atoms with E-state index in [0.29, 0.717) is 44.7 Å². The summed E-state index contributed by atoms with van der Waals surface area (Å²) in [5.74, 6) is 0.919. The molecule has 0 radical (unpaired) electrons. The monoisotopic (exact) mass is 273 g/mol. The molecule has 0 aromatic carbocycles. The van der Waals surface area contributed by atoms with Crippen LogP contribution in [0.1, 0.15) is 32.0 Å². The predicted octanol–water partition coefficient (Wildman–Crippen LogP) is 0.833. The largest absolute Gasteiger partial charge is 0.382 e. The van der Waals surface area contributed by atoms with E-state index in [-0.39, 0.29) is 0 Å². The zero-order valence-corrected chi connectivity index (χ0v) is 11.8. The fourth-order valence-electron chi connectivity index (χ4n) is 1.24. The van der Waals surface area contributed by atoms with Gasteiger partial charge in [-0.2, -0.15) is 4.98 Å². The van der Waals surface area contributed by atoms with Gasteiger partial charge in [-0.25, -0.2) is 0 Å². The molecule has 1 aromatic heterocycles. The Morgan fingerprint density at radius 2 is 1.89 bits per heavy atom. The highest BCUT2D eigenvalue weighted by atomic mass is 16.5. The molecule has 0 aliphatic carbocycles. The SMILES string of the molecule is COCCOCCCOCc1nc(C(C)(C)N)no1. The highest BCUT2D eigenvalue weighted by Crippen LogP contribution is 2.12. The Morgan fingerprint density at radius 1 is 1.16 bits per heavy atom. The van der Waals surface area contributed by atoms with Gasteiger partial charge in [-0.1, -0.05) is 5.16 Å². The molecule has 7 heteroatoms. The van der Waals surface area contributed by atoms with E-state index in [1.165, 1.54) is 0 Å². The molecule has 0 saturated heterocycles. The third-order valence-corrected chi connectivity index (χ3v) is 2.28. The minimum Gasteiger partial charge on any atom is -0.382 e. The molecule has 2 N–H and O–H groups in total. The lowest BCUT2D eigenvalue weighted by atomic mass is 10.1. The van der Waals surface area contributed by atoms with E-state index in [1.54, 1.807) is 7.11 Å². The zero-order chi connectivity index (χ0) is 14.1. The summed E-state index contributed by atoms with van der Waals surface area (Å²) in [6, 6.07) is 0. The normalized spacial score (nSPS) is 12.0. The highest BCUT2D eigenvalue weighted by molar-refractivity contribution is 4.98. The smallest absolute Gasteiger partial charge is 0.252 e. The van der Waals surface area contributed by atoms with Crippen molar-refractivity contribution >= 4 is 0 Å². The van der Waals surface area contributed by atoms with Crippen LogP contribution in [0.25, 0.3) is 0 Å². The molecular formula is C12H23N3O4. The number of nitrogens with two attached hydrogens (primary N) is 1. The fraction of sp³-hybridized carbons (Fsp3) is 0.833. The summed E-state index contributed by atoms with van der Waals surface area (Å²) in [6.07, 6.45) is 0.813. The van der Waals surface area contributed by atoms with Crippen molar-refractivity contribution in [2.24, 2.45) is 5.73 Å². The van der Waals surface area contributed by atoms with Crippen molar-refractivity contribution in [1.82, 2.24) is 10.1 Å². The minimum atomic E-state index is -0.600. The second-order valence-electron chi connectivity index (χ2n) is 4.74. The number of methoxy groups -OCH3 is 1. The topological polar surface area (TPSA) is 92.6 Å². The Bertz CT molecular complexity index is 349. The Balaban J connectivity index is 2.08. The molecule has 0 fully saturated rings. The van der Waals surface area contributed by atoms with Gasteiger partial charge in [-0.3, -0.25) is 0 Å². The molecule has 0 unspecified atom stereocenters. The van der Waals surface area contributed by atoms with E-state index >= 15 is 0 Å². The third kappa shape index (κ3) is 6.63. The molecule has 110 valence electrons. The number of ether oxygens (including phenoxy) is 3. The van der Waals surface area contributed by atoms with Crippen LogP contribution >= 0.6 is 0 Å². The summed E-state index contributed by atoms with van der Waals surface area (Å²) in [5.41, 5.74) is 5.25. The van der Waals surface area contributed by atoms with E-state index in [9.17, 15) is 0 Å². The zero-order valence-electron chi connectivity index (χ0n) is 11.8. The maximum atomic E-state index is 5.85. The molecule has 1 heterocycles. The lowest BCUT2D eigenvalue weighted by Crippen LogP contribution is -2.30. The van der Waals surface area contributed by atoms with E-state index in [0.717, 1.165) is 6.42 Å². The fourth-order valence-corrected chi connectivity index (χ4v) is 1.24. The second kappa shape index (κ2) is 8.21. The summed E-state index contributed by atoms with van der Waals surface area (Å²) in [7, 11) is 1.65. The molecule has 0 saturated carbocycles. The predicted molar refractivity (Wildman–Crippen MR) is 68.5 cm³/mol. The van der Waals surface area contributed by atoms with Gasteiger partial charge >= 0.3 is 0 Å². The van der Waals surface area contributed by atoms with Crippen LogP contribution in [-0.2, 0) is 26.4 Å². The Hall–Kier alpha value is -1.02. The summed E-state index contributed by atoms with van der Waals surface area (Å²) in [6.45, 7) is 6.38. The number of hydrogen-bond acceptors (Lipinski definition) is 7. The lowest BCUT2D eigenvalue weighted by molar-refractivity contribution is 0.0434. The standard InChI is InChI=1S/C12H23N3O4/c1-12(2,13)11-14-10(19-15-11)9-18-6-4-5-17-8-7-16-3/h4-9,13H2,1-3H3. The van der Waals surface area contributed by atoms with Crippen LogP contribution in [0.2, 0.25) is 0 Å². The number of rotatable bonds is 10. The highest BCUT2D eigenvalue weighted by Gasteiger charge is 2.21. The Labute approximate surface area is 113 Å². The molecule has 0 aliphatic rings. The Morgan fingerprint density at radius 3 is 2.53 bits per heavy atom. The van der Waals surface area contributed by atoms with Crippen molar-refractivity contribution in [3.8, 4) is 0 Å². The van der Waals surface area contributed by atoms with Gasteiger partial charge in [-0.15, -0.1) is 0 Å². The van der Waals surface area contributed by atoms with Gasteiger partial charge in [0.2, 0.25) is 0 Å². The molecule has 19 heavy (non-hydrogen) atoms. The van der Waals surface area contributed by atoms with Crippen molar-refractivity contribution in [1.29, 1.82) is 0 Å². The van der Waals surface area contributed by atoms with Crippen LogP contribution in [-0.4, -0.2) is 43.7 Å². The quantitative estimate of drug-likeness (QED) is 0.631. The van der Waals surface area contributed by atoms with Crippen LogP contribution in [0, 0.1) is 0 Å². The van der Waals surface area contributed by atoms with Gasteiger partial charge in [0.15, 0.2) is 5.82 Å². The van der Waals surface area contributed by atoms with Crippen LogP contribution in [0.4, 0.5) is 0 Å².